The normalized spacial score (nSPS) is 15.5. The van der Waals surface area contributed by atoms with Crippen LogP contribution >= 0.6 is 0 Å². The lowest BCUT2D eigenvalue weighted by Crippen LogP contribution is -2.44. The topological polar surface area (TPSA) is 120 Å². The molecule has 0 radical (unpaired) electrons. The van der Waals surface area contributed by atoms with Crippen LogP contribution in [-0.4, -0.2) is 77.4 Å². The number of aromatic nitrogens is 3. The van der Waals surface area contributed by atoms with Gasteiger partial charge in [-0.25, -0.2) is 9.78 Å². The van der Waals surface area contributed by atoms with E-state index >= 15 is 0 Å². The molecule has 1 amide bonds. The van der Waals surface area contributed by atoms with Crippen molar-refractivity contribution in [1.29, 1.82) is 0 Å². The summed E-state index contributed by atoms with van der Waals surface area (Å²) in [6.45, 7) is 10.7. The Kier molecular flexibility index (Phi) is 7.76. The van der Waals surface area contributed by atoms with Crippen molar-refractivity contribution in [3.05, 3.63) is 65.1 Å². The third-order valence-electron chi connectivity index (χ3n) is 7.82. The molecule has 230 valence electrons. The van der Waals surface area contributed by atoms with Crippen LogP contribution in [0, 0.1) is 0 Å². The molecule has 0 spiro atoms. The fourth-order valence-corrected chi connectivity index (χ4v) is 5.56. The molecule has 0 bridgehead atoms. The van der Waals surface area contributed by atoms with Crippen molar-refractivity contribution >= 4 is 57.2 Å². The number of ether oxygens (including phenoxy) is 1. The van der Waals surface area contributed by atoms with Gasteiger partial charge in [0.15, 0.2) is 0 Å². The number of nitrogens with one attached hydrogen (secondary N) is 3. The molecule has 12 heteroatoms. The lowest BCUT2D eigenvalue weighted by molar-refractivity contribution is 0.0636. The molecule has 1 fully saturated rings. The molecule has 2 aromatic carbocycles. The molecule has 2 aliphatic rings. The molecule has 0 saturated carbocycles. The summed E-state index contributed by atoms with van der Waals surface area (Å²) in [4.78, 5) is 42.1. The van der Waals surface area contributed by atoms with Gasteiger partial charge >= 0.3 is 6.09 Å². The highest BCUT2D eigenvalue weighted by Crippen LogP contribution is 2.39. The number of benzene rings is 2. The van der Waals surface area contributed by atoms with Crippen molar-refractivity contribution in [2.24, 2.45) is 7.05 Å². The Hall–Kier alpha value is -4.84. The minimum absolute atomic E-state index is 0.183. The molecule has 12 nitrogen and oxygen atoms in total. The van der Waals surface area contributed by atoms with E-state index in [1.165, 1.54) is 5.69 Å². The first-order chi connectivity index (χ1) is 21.1. The van der Waals surface area contributed by atoms with Gasteiger partial charge in [0.2, 0.25) is 5.95 Å². The average molecular weight is 598 g/mol. The molecule has 1 saturated heterocycles. The Balaban J connectivity index is 1.24. The second-order valence-corrected chi connectivity index (χ2v) is 12.2. The summed E-state index contributed by atoms with van der Waals surface area (Å²) >= 11 is 0. The van der Waals surface area contributed by atoms with E-state index in [0.717, 1.165) is 48.6 Å². The summed E-state index contributed by atoms with van der Waals surface area (Å²) in [5, 5.41) is 10.2. The number of fused-ring (bicyclic) bond motifs is 2. The SMILES string of the molecule is CN1CCN(c2ccc(Nc3ncc4cc(N5CCNc6c(NC(=O)OC(C)(C)C)cccc65)c(=O)n(C)c4n3)cc2)CC1. The van der Waals surface area contributed by atoms with Gasteiger partial charge in [-0.1, -0.05) is 6.07 Å². The highest BCUT2D eigenvalue weighted by Gasteiger charge is 2.25. The largest absolute Gasteiger partial charge is 0.444 e. The molecular formula is C32H39N9O3. The van der Waals surface area contributed by atoms with Crippen molar-refractivity contribution < 1.29 is 9.53 Å². The van der Waals surface area contributed by atoms with Gasteiger partial charge in [-0.15, -0.1) is 0 Å². The van der Waals surface area contributed by atoms with Crippen LogP contribution in [0.4, 0.5) is 44.9 Å². The molecule has 3 N–H and O–H groups in total. The van der Waals surface area contributed by atoms with Gasteiger partial charge in [0, 0.05) is 69.3 Å². The number of hydrogen-bond donors (Lipinski definition) is 3. The van der Waals surface area contributed by atoms with Gasteiger partial charge in [0.25, 0.3) is 5.56 Å². The van der Waals surface area contributed by atoms with Crippen LogP contribution in [0.2, 0.25) is 0 Å². The first kappa shape index (κ1) is 29.2. The van der Waals surface area contributed by atoms with Crippen LogP contribution in [0.1, 0.15) is 20.8 Å². The third-order valence-corrected chi connectivity index (χ3v) is 7.82. The second kappa shape index (κ2) is 11.7. The third kappa shape index (κ3) is 6.11. The van der Waals surface area contributed by atoms with Crippen LogP contribution in [0.5, 0.6) is 0 Å². The Morgan fingerprint density at radius 2 is 1.73 bits per heavy atom. The Labute approximate surface area is 256 Å². The van der Waals surface area contributed by atoms with Gasteiger partial charge in [-0.2, -0.15) is 4.98 Å². The Morgan fingerprint density at radius 3 is 2.45 bits per heavy atom. The van der Waals surface area contributed by atoms with E-state index in [9.17, 15) is 9.59 Å². The van der Waals surface area contributed by atoms with Crippen LogP contribution in [-0.2, 0) is 11.8 Å². The van der Waals surface area contributed by atoms with Crippen LogP contribution in [0.25, 0.3) is 11.0 Å². The number of nitrogens with zero attached hydrogens (tertiary/aromatic N) is 6. The van der Waals surface area contributed by atoms with Crippen molar-refractivity contribution in [2.45, 2.75) is 26.4 Å². The van der Waals surface area contributed by atoms with Crippen molar-refractivity contribution in [3.63, 3.8) is 0 Å². The molecular weight excluding hydrogens is 558 g/mol. The molecule has 44 heavy (non-hydrogen) atoms. The lowest BCUT2D eigenvalue weighted by Gasteiger charge is -2.34. The second-order valence-electron chi connectivity index (χ2n) is 12.2. The van der Waals surface area contributed by atoms with Gasteiger partial charge in [0.05, 0.1) is 17.1 Å². The maximum absolute atomic E-state index is 13.7. The van der Waals surface area contributed by atoms with Crippen molar-refractivity contribution in [3.8, 4) is 0 Å². The highest BCUT2D eigenvalue weighted by atomic mass is 16.6. The minimum atomic E-state index is -0.623. The van der Waals surface area contributed by atoms with Crippen LogP contribution in [0.15, 0.2) is 59.5 Å². The zero-order chi connectivity index (χ0) is 31.0. The number of pyridine rings is 1. The van der Waals surface area contributed by atoms with Crippen molar-refractivity contribution in [2.75, 3.05) is 72.1 Å². The number of anilines is 7. The number of carbonyl (C=O) groups excluding carboxylic acids is 1. The molecule has 2 aromatic heterocycles. The Bertz CT molecular complexity index is 1740. The number of aryl methyl sites for hydroxylation is 1. The smallest absolute Gasteiger partial charge is 0.412 e. The number of amides is 1. The number of carbonyl (C=O) groups is 1. The van der Waals surface area contributed by atoms with E-state index in [-0.39, 0.29) is 5.56 Å². The Morgan fingerprint density at radius 1 is 0.977 bits per heavy atom. The lowest BCUT2D eigenvalue weighted by atomic mass is 10.1. The van der Waals surface area contributed by atoms with E-state index in [1.54, 1.807) is 23.9 Å². The van der Waals surface area contributed by atoms with Gasteiger partial charge in [-0.05, 0) is 70.3 Å². The quantitative estimate of drug-likeness (QED) is 0.298. The predicted molar refractivity (Wildman–Crippen MR) is 176 cm³/mol. The monoisotopic (exact) mass is 597 g/mol. The summed E-state index contributed by atoms with van der Waals surface area (Å²) in [5.41, 5.74) is 4.37. The first-order valence-corrected chi connectivity index (χ1v) is 14.9. The maximum Gasteiger partial charge on any atom is 0.412 e. The molecule has 4 heterocycles. The van der Waals surface area contributed by atoms with Crippen LogP contribution in [0.3, 0.4) is 0 Å². The van der Waals surface area contributed by atoms with E-state index < -0.39 is 11.7 Å². The standard InChI is InChI=1S/C32H39N9O3/c1-32(2,3)44-31(43)36-24-7-6-8-25-27(24)33-13-14-41(25)26-19-21-20-34-30(37-28(21)39(5)29(26)42)35-22-9-11-23(12-10-22)40-17-15-38(4)16-18-40/h6-12,19-20,33H,13-18H2,1-5H3,(H,36,43)(H,34,35,37). The van der Waals surface area contributed by atoms with Crippen molar-refractivity contribution in [1.82, 2.24) is 19.4 Å². The summed E-state index contributed by atoms with van der Waals surface area (Å²) in [5.74, 6) is 0.415. The van der Waals surface area contributed by atoms with E-state index in [2.05, 4.69) is 49.9 Å². The minimum Gasteiger partial charge on any atom is -0.444 e. The van der Waals surface area contributed by atoms with E-state index in [4.69, 9.17) is 9.72 Å². The summed E-state index contributed by atoms with van der Waals surface area (Å²) in [6, 6.07) is 15.7. The first-order valence-electron chi connectivity index (χ1n) is 14.9. The zero-order valence-electron chi connectivity index (χ0n) is 25.8. The van der Waals surface area contributed by atoms with Gasteiger partial charge in [-0.3, -0.25) is 14.7 Å². The number of hydrogen-bond acceptors (Lipinski definition) is 10. The number of rotatable bonds is 5. The van der Waals surface area contributed by atoms with Gasteiger partial charge in [0.1, 0.15) is 16.9 Å². The molecule has 4 aromatic rings. The molecule has 0 atom stereocenters. The maximum atomic E-state index is 13.7. The van der Waals surface area contributed by atoms with Gasteiger partial charge < -0.3 is 30.1 Å². The number of para-hydroxylation sites is 1. The zero-order valence-corrected chi connectivity index (χ0v) is 25.8. The summed E-state index contributed by atoms with van der Waals surface area (Å²) < 4.78 is 6.99. The molecule has 6 rings (SSSR count). The fourth-order valence-electron chi connectivity index (χ4n) is 5.56. The van der Waals surface area contributed by atoms with Crippen LogP contribution < -0.4 is 31.3 Å². The van der Waals surface area contributed by atoms with E-state index in [0.29, 0.717) is 36.1 Å². The number of piperazine rings is 1. The fraction of sp³-hybridized carbons (Fsp3) is 0.375. The number of likely N-dealkylation sites (N-methyl/N-ethyl adjacent to an activating group) is 1. The molecule has 0 aliphatic carbocycles. The highest BCUT2D eigenvalue weighted by molar-refractivity contribution is 5.96. The predicted octanol–water partition coefficient (Wildman–Crippen LogP) is 4.73. The average Bonchev–Trinajstić information content (AvgIpc) is 2.99. The summed E-state index contributed by atoms with van der Waals surface area (Å²) in [7, 11) is 3.87. The van der Waals surface area contributed by atoms with E-state index in [1.807, 2.05) is 56.0 Å². The molecule has 2 aliphatic heterocycles. The summed E-state index contributed by atoms with van der Waals surface area (Å²) in [6.07, 6.45) is 1.19. The molecule has 0 unspecified atom stereocenters.